The van der Waals surface area contributed by atoms with Gasteiger partial charge in [-0.05, 0) is 55.9 Å². The topological polar surface area (TPSA) is 84.2 Å². The van der Waals surface area contributed by atoms with Crippen molar-refractivity contribution in [2.24, 2.45) is 0 Å². The molecule has 0 aliphatic rings. The summed E-state index contributed by atoms with van der Waals surface area (Å²) >= 11 is 0. The molecular formula is C14H16FN3O2S. The number of nitrogens with two attached hydrogens (primary N) is 1. The zero-order chi connectivity index (χ0) is 15.6. The first-order chi connectivity index (χ1) is 9.83. The first-order valence-electron chi connectivity index (χ1n) is 6.20. The second-order valence-corrected chi connectivity index (χ2v) is 6.43. The Morgan fingerprint density at radius 1 is 1.10 bits per heavy atom. The average Bonchev–Trinajstić information content (AvgIpc) is 2.43. The van der Waals surface area contributed by atoms with Gasteiger partial charge in [0.15, 0.2) is 0 Å². The van der Waals surface area contributed by atoms with Crippen molar-refractivity contribution in [2.75, 3.05) is 18.1 Å². The van der Waals surface area contributed by atoms with Gasteiger partial charge >= 0.3 is 0 Å². The number of nitrogen functional groups attached to an aromatic ring is 1. The molecule has 0 aromatic heterocycles. The van der Waals surface area contributed by atoms with Crippen molar-refractivity contribution in [3.8, 4) is 0 Å². The number of halogens is 1. The van der Waals surface area contributed by atoms with E-state index in [1.807, 2.05) is 0 Å². The molecule has 4 N–H and O–H groups in total. The van der Waals surface area contributed by atoms with Crippen LogP contribution in [0.5, 0.6) is 0 Å². The van der Waals surface area contributed by atoms with Crippen LogP contribution in [0.4, 0.5) is 21.5 Å². The third-order valence-electron chi connectivity index (χ3n) is 3.06. The highest BCUT2D eigenvalue weighted by atomic mass is 32.2. The van der Waals surface area contributed by atoms with E-state index in [-0.39, 0.29) is 10.7 Å². The Morgan fingerprint density at radius 3 is 2.43 bits per heavy atom. The number of sulfonamides is 1. The van der Waals surface area contributed by atoms with E-state index in [9.17, 15) is 12.8 Å². The molecular weight excluding hydrogens is 293 g/mol. The van der Waals surface area contributed by atoms with E-state index in [0.29, 0.717) is 22.6 Å². The summed E-state index contributed by atoms with van der Waals surface area (Å²) in [5, 5.41) is 3.02. The number of hydrogen-bond acceptors (Lipinski definition) is 4. The molecule has 0 radical (unpaired) electrons. The van der Waals surface area contributed by atoms with Crippen LogP contribution in [0.25, 0.3) is 0 Å². The second kappa shape index (κ2) is 5.71. The van der Waals surface area contributed by atoms with Gasteiger partial charge in [-0.2, -0.15) is 0 Å². The number of anilines is 3. The van der Waals surface area contributed by atoms with Gasteiger partial charge in [0.1, 0.15) is 5.82 Å². The Balaban J connectivity index is 2.42. The fourth-order valence-electron chi connectivity index (χ4n) is 1.84. The highest BCUT2D eigenvalue weighted by Crippen LogP contribution is 2.28. The van der Waals surface area contributed by atoms with E-state index < -0.39 is 10.0 Å². The fraction of sp³-hybridized carbons (Fsp3) is 0.143. The first kappa shape index (κ1) is 15.3. The molecule has 2 aromatic carbocycles. The lowest BCUT2D eigenvalue weighted by molar-refractivity contribution is 0.588. The SMILES string of the molecule is CNS(=O)(=O)c1ccc(N)c(Nc2ccc(F)cc2C)c1. The highest BCUT2D eigenvalue weighted by molar-refractivity contribution is 7.89. The average molecular weight is 309 g/mol. The molecule has 0 saturated carbocycles. The maximum Gasteiger partial charge on any atom is 0.240 e. The minimum Gasteiger partial charge on any atom is -0.397 e. The molecule has 2 rings (SSSR count). The molecule has 0 unspecified atom stereocenters. The van der Waals surface area contributed by atoms with Crippen LogP contribution in [-0.4, -0.2) is 15.5 Å². The van der Waals surface area contributed by atoms with Crippen molar-refractivity contribution in [1.82, 2.24) is 4.72 Å². The molecule has 0 bridgehead atoms. The number of nitrogens with one attached hydrogen (secondary N) is 2. The molecule has 0 spiro atoms. The Hall–Kier alpha value is -2.12. The predicted molar refractivity (Wildman–Crippen MR) is 81.5 cm³/mol. The fourth-order valence-corrected chi connectivity index (χ4v) is 2.60. The molecule has 21 heavy (non-hydrogen) atoms. The molecule has 2 aromatic rings. The molecule has 0 saturated heterocycles. The van der Waals surface area contributed by atoms with Crippen molar-refractivity contribution in [2.45, 2.75) is 11.8 Å². The lowest BCUT2D eigenvalue weighted by atomic mass is 10.2. The van der Waals surface area contributed by atoms with Gasteiger partial charge in [0.05, 0.1) is 16.3 Å². The van der Waals surface area contributed by atoms with E-state index in [1.165, 1.54) is 37.4 Å². The van der Waals surface area contributed by atoms with E-state index in [0.717, 1.165) is 0 Å². The van der Waals surface area contributed by atoms with Crippen molar-refractivity contribution < 1.29 is 12.8 Å². The van der Waals surface area contributed by atoms with Gasteiger partial charge in [-0.3, -0.25) is 0 Å². The summed E-state index contributed by atoms with van der Waals surface area (Å²) in [6, 6.07) is 8.63. The van der Waals surface area contributed by atoms with Crippen molar-refractivity contribution in [1.29, 1.82) is 0 Å². The molecule has 0 fully saturated rings. The van der Waals surface area contributed by atoms with Gasteiger partial charge in [-0.1, -0.05) is 0 Å². The van der Waals surface area contributed by atoms with Crippen molar-refractivity contribution >= 4 is 27.1 Å². The molecule has 0 heterocycles. The lowest BCUT2D eigenvalue weighted by Gasteiger charge is -2.13. The number of aryl methyl sites for hydroxylation is 1. The maximum atomic E-state index is 13.1. The van der Waals surface area contributed by atoms with Crippen LogP contribution in [0.2, 0.25) is 0 Å². The van der Waals surface area contributed by atoms with Crippen LogP contribution >= 0.6 is 0 Å². The third-order valence-corrected chi connectivity index (χ3v) is 4.47. The van der Waals surface area contributed by atoms with Gasteiger partial charge in [0.2, 0.25) is 10.0 Å². The third kappa shape index (κ3) is 3.32. The normalized spacial score (nSPS) is 11.4. The zero-order valence-electron chi connectivity index (χ0n) is 11.6. The van der Waals surface area contributed by atoms with Gasteiger partial charge in [-0.25, -0.2) is 17.5 Å². The van der Waals surface area contributed by atoms with E-state index in [1.54, 1.807) is 13.0 Å². The predicted octanol–water partition coefficient (Wildman–Crippen LogP) is 2.37. The minimum absolute atomic E-state index is 0.0986. The van der Waals surface area contributed by atoms with Crippen LogP contribution in [-0.2, 0) is 10.0 Å². The molecule has 7 heteroatoms. The van der Waals surface area contributed by atoms with Gasteiger partial charge in [0, 0.05) is 5.69 Å². The number of benzene rings is 2. The maximum absolute atomic E-state index is 13.1. The molecule has 0 aliphatic heterocycles. The largest absolute Gasteiger partial charge is 0.397 e. The quantitative estimate of drug-likeness (QED) is 0.757. The van der Waals surface area contributed by atoms with Crippen LogP contribution in [0.1, 0.15) is 5.56 Å². The van der Waals surface area contributed by atoms with E-state index in [2.05, 4.69) is 10.0 Å². The Morgan fingerprint density at radius 2 is 1.81 bits per heavy atom. The molecule has 0 aliphatic carbocycles. The Kier molecular flexibility index (Phi) is 4.15. The van der Waals surface area contributed by atoms with Crippen LogP contribution < -0.4 is 15.8 Å². The summed E-state index contributed by atoms with van der Waals surface area (Å²) in [5.41, 5.74) is 8.04. The van der Waals surface area contributed by atoms with Gasteiger partial charge < -0.3 is 11.1 Å². The van der Waals surface area contributed by atoms with Crippen LogP contribution in [0.3, 0.4) is 0 Å². The van der Waals surface area contributed by atoms with Crippen molar-refractivity contribution in [3.05, 3.63) is 47.8 Å². The zero-order valence-corrected chi connectivity index (χ0v) is 12.5. The van der Waals surface area contributed by atoms with E-state index >= 15 is 0 Å². The summed E-state index contributed by atoms with van der Waals surface area (Å²) < 4.78 is 38.9. The molecule has 0 amide bonds. The number of hydrogen-bond donors (Lipinski definition) is 3. The highest BCUT2D eigenvalue weighted by Gasteiger charge is 2.13. The van der Waals surface area contributed by atoms with Crippen LogP contribution in [0.15, 0.2) is 41.3 Å². The molecule has 5 nitrogen and oxygen atoms in total. The lowest BCUT2D eigenvalue weighted by Crippen LogP contribution is -2.18. The summed E-state index contributed by atoms with van der Waals surface area (Å²) in [5.74, 6) is -0.336. The number of rotatable bonds is 4. The monoisotopic (exact) mass is 309 g/mol. The van der Waals surface area contributed by atoms with Crippen LogP contribution in [0, 0.1) is 12.7 Å². The second-order valence-electron chi connectivity index (χ2n) is 4.54. The summed E-state index contributed by atoms with van der Waals surface area (Å²) in [4.78, 5) is 0.0986. The van der Waals surface area contributed by atoms with Gasteiger partial charge in [-0.15, -0.1) is 0 Å². The van der Waals surface area contributed by atoms with E-state index in [4.69, 9.17) is 5.73 Å². The van der Waals surface area contributed by atoms with Crippen molar-refractivity contribution in [3.63, 3.8) is 0 Å². The first-order valence-corrected chi connectivity index (χ1v) is 7.68. The molecule has 0 atom stereocenters. The Labute approximate surface area is 123 Å². The summed E-state index contributed by atoms with van der Waals surface area (Å²) in [7, 11) is -2.22. The van der Waals surface area contributed by atoms with Gasteiger partial charge in [0.25, 0.3) is 0 Å². The summed E-state index contributed by atoms with van der Waals surface area (Å²) in [6.45, 7) is 1.75. The summed E-state index contributed by atoms with van der Waals surface area (Å²) in [6.07, 6.45) is 0. The molecule has 112 valence electrons. The standard InChI is InChI=1S/C14H16FN3O2S/c1-9-7-10(15)3-6-13(9)18-14-8-11(4-5-12(14)16)21(19,20)17-2/h3-8,17-18H,16H2,1-2H3. The smallest absolute Gasteiger partial charge is 0.240 e. The Bertz CT molecular complexity index is 776. The minimum atomic E-state index is -3.55.